The molecule has 10 heteroatoms. The number of hydrazine groups is 2. The number of anilines is 4. The largest absolute Gasteiger partial charge is 0.339 e. The van der Waals surface area contributed by atoms with Gasteiger partial charge in [0.05, 0.1) is 18.3 Å². The SMILES string of the molecule is CP(C)(=O)c1ccc(Nc2cnc3c(n2)N(Cc2ccc4ncccc4c2)NN3)cc1F. The second-order valence-electron chi connectivity index (χ2n) is 7.92. The number of fused-ring (bicyclic) bond motifs is 2. The van der Waals surface area contributed by atoms with Gasteiger partial charge in [-0.05, 0) is 55.3 Å². The Morgan fingerprint density at radius 1 is 1.12 bits per heavy atom. The Hall–Kier alpha value is -3.55. The Kier molecular flexibility index (Phi) is 5.00. The van der Waals surface area contributed by atoms with Crippen LogP contribution in [0.3, 0.4) is 0 Å². The number of halogens is 1. The highest BCUT2D eigenvalue weighted by molar-refractivity contribution is 7.70. The number of benzene rings is 2. The summed E-state index contributed by atoms with van der Waals surface area (Å²) < 4.78 is 26.6. The van der Waals surface area contributed by atoms with E-state index in [1.54, 1.807) is 37.9 Å². The first-order valence-corrected chi connectivity index (χ1v) is 12.6. The quantitative estimate of drug-likeness (QED) is 0.394. The van der Waals surface area contributed by atoms with Crippen LogP contribution >= 0.6 is 7.14 Å². The van der Waals surface area contributed by atoms with E-state index in [-0.39, 0.29) is 5.30 Å². The summed E-state index contributed by atoms with van der Waals surface area (Å²) in [6.07, 6.45) is 3.34. The molecule has 0 atom stereocenters. The van der Waals surface area contributed by atoms with E-state index >= 15 is 0 Å². The van der Waals surface area contributed by atoms with Gasteiger partial charge in [-0.1, -0.05) is 12.1 Å². The van der Waals surface area contributed by atoms with Crippen LogP contribution in [0.25, 0.3) is 10.9 Å². The third kappa shape index (κ3) is 4.00. The first-order valence-electron chi connectivity index (χ1n) is 9.99. The van der Waals surface area contributed by atoms with Crippen LogP contribution in [0.4, 0.5) is 27.5 Å². The Bertz CT molecular complexity index is 1370. The Morgan fingerprint density at radius 3 is 2.81 bits per heavy atom. The summed E-state index contributed by atoms with van der Waals surface area (Å²) in [4.78, 5) is 13.4. The van der Waals surface area contributed by atoms with Gasteiger partial charge < -0.3 is 9.88 Å². The molecule has 0 fully saturated rings. The second kappa shape index (κ2) is 7.85. The van der Waals surface area contributed by atoms with Crippen molar-refractivity contribution in [3.63, 3.8) is 0 Å². The van der Waals surface area contributed by atoms with Gasteiger partial charge in [0, 0.05) is 22.6 Å². The summed E-state index contributed by atoms with van der Waals surface area (Å²) in [5, 5.41) is 6.21. The van der Waals surface area contributed by atoms with Gasteiger partial charge in [-0.15, -0.1) is 5.53 Å². The summed E-state index contributed by atoms with van der Waals surface area (Å²) in [7, 11) is -2.68. The lowest BCUT2D eigenvalue weighted by molar-refractivity contribution is 0.585. The van der Waals surface area contributed by atoms with Crippen molar-refractivity contribution in [2.24, 2.45) is 0 Å². The Labute approximate surface area is 184 Å². The predicted octanol–water partition coefficient (Wildman–Crippen LogP) is 4.01. The minimum absolute atomic E-state index is 0.230. The highest BCUT2D eigenvalue weighted by Crippen LogP contribution is 2.36. The van der Waals surface area contributed by atoms with Crippen molar-refractivity contribution in [1.82, 2.24) is 20.5 Å². The molecule has 2 aromatic heterocycles. The molecule has 0 aliphatic carbocycles. The van der Waals surface area contributed by atoms with E-state index in [9.17, 15) is 8.96 Å². The second-order valence-corrected chi connectivity index (χ2v) is 11.1. The van der Waals surface area contributed by atoms with Gasteiger partial charge >= 0.3 is 0 Å². The summed E-state index contributed by atoms with van der Waals surface area (Å²) >= 11 is 0. The normalized spacial score (nSPS) is 13.2. The fourth-order valence-electron chi connectivity index (χ4n) is 3.58. The molecule has 1 aliphatic rings. The lowest BCUT2D eigenvalue weighted by atomic mass is 10.1. The molecule has 0 unspecified atom stereocenters. The van der Waals surface area contributed by atoms with E-state index in [2.05, 4.69) is 37.3 Å². The Morgan fingerprint density at radius 2 is 2.00 bits per heavy atom. The van der Waals surface area contributed by atoms with Gasteiger partial charge in [-0.2, -0.15) is 0 Å². The van der Waals surface area contributed by atoms with Crippen molar-refractivity contribution in [1.29, 1.82) is 0 Å². The van der Waals surface area contributed by atoms with Gasteiger partial charge in [0.25, 0.3) is 0 Å². The number of rotatable bonds is 5. The van der Waals surface area contributed by atoms with Crippen molar-refractivity contribution >= 4 is 46.5 Å². The standard InChI is InChI=1S/C22H21FN7OP/c1-32(2,31)19-8-6-16(11-17(19)23)26-20-12-25-21-22(27-20)30(29-28-21)13-14-5-7-18-15(10-14)4-3-9-24-18/h3-12,29H,13H2,1-2H3,(H,25,28)(H,26,27). The molecule has 32 heavy (non-hydrogen) atoms. The number of aromatic nitrogens is 3. The van der Waals surface area contributed by atoms with E-state index in [1.807, 2.05) is 29.3 Å². The van der Waals surface area contributed by atoms with Gasteiger partial charge in [0.15, 0.2) is 17.5 Å². The summed E-state index contributed by atoms with van der Waals surface area (Å²) in [5.74, 6) is 1.17. The van der Waals surface area contributed by atoms with Crippen molar-refractivity contribution in [2.75, 3.05) is 29.1 Å². The molecule has 3 heterocycles. The van der Waals surface area contributed by atoms with E-state index in [0.29, 0.717) is 29.7 Å². The maximum Gasteiger partial charge on any atom is 0.191 e. The maximum atomic E-state index is 14.4. The van der Waals surface area contributed by atoms with Gasteiger partial charge in [0.1, 0.15) is 13.0 Å². The third-order valence-electron chi connectivity index (χ3n) is 5.13. The molecule has 162 valence electrons. The molecule has 3 N–H and O–H groups in total. The van der Waals surface area contributed by atoms with Crippen molar-refractivity contribution in [3.8, 4) is 0 Å². The van der Waals surface area contributed by atoms with E-state index in [4.69, 9.17) is 0 Å². The molecular formula is C22H21FN7OP. The molecule has 0 amide bonds. The third-order valence-corrected chi connectivity index (χ3v) is 6.65. The molecule has 2 aromatic carbocycles. The van der Waals surface area contributed by atoms with Crippen LogP contribution < -0.4 is 26.6 Å². The molecular weight excluding hydrogens is 428 g/mol. The average Bonchev–Trinajstić information content (AvgIpc) is 3.15. The van der Waals surface area contributed by atoms with Crippen LogP contribution in [-0.2, 0) is 11.1 Å². The predicted molar refractivity (Wildman–Crippen MR) is 125 cm³/mol. The van der Waals surface area contributed by atoms with E-state index in [0.717, 1.165) is 16.5 Å². The zero-order valence-electron chi connectivity index (χ0n) is 17.5. The number of hydrogen-bond acceptors (Lipinski definition) is 8. The molecule has 1 aliphatic heterocycles. The summed E-state index contributed by atoms with van der Waals surface area (Å²) in [6, 6.07) is 14.6. The van der Waals surface area contributed by atoms with Crippen LogP contribution in [0.2, 0.25) is 0 Å². The zero-order valence-corrected chi connectivity index (χ0v) is 18.4. The highest BCUT2D eigenvalue weighted by Gasteiger charge is 2.23. The monoisotopic (exact) mass is 449 g/mol. The first kappa shape index (κ1) is 20.4. The number of nitrogens with zero attached hydrogens (tertiary/aromatic N) is 4. The molecule has 0 bridgehead atoms. The molecule has 4 aromatic rings. The van der Waals surface area contributed by atoms with E-state index in [1.165, 1.54) is 6.07 Å². The molecule has 0 spiro atoms. The van der Waals surface area contributed by atoms with Crippen LogP contribution in [0.5, 0.6) is 0 Å². The minimum atomic E-state index is -2.68. The first-order chi connectivity index (χ1) is 15.4. The number of hydrogen-bond donors (Lipinski definition) is 3. The molecule has 5 rings (SSSR count). The lowest BCUT2D eigenvalue weighted by Gasteiger charge is -2.17. The summed E-state index contributed by atoms with van der Waals surface area (Å²) in [6.45, 7) is 3.64. The van der Waals surface area contributed by atoms with Gasteiger partial charge in [-0.3, -0.25) is 15.4 Å². The van der Waals surface area contributed by atoms with Crippen molar-refractivity contribution in [2.45, 2.75) is 6.54 Å². The van der Waals surface area contributed by atoms with Crippen LogP contribution in [0.15, 0.2) is 60.9 Å². The smallest absolute Gasteiger partial charge is 0.191 e. The van der Waals surface area contributed by atoms with Crippen molar-refractivity contribution < 1.29 is 8.96 Å². The minimum Gasteiger partial charge on any atom is -0.339 e. The number of pyridine rings is 1. The highest BCUT2D eigenvalue weighted by atomic mass is 31.2. The van der Waals surface area contributed by atoms with Crippen molar-refractivity contribution in [3.05, 3.63) is 72.3 Å². The summed E-state index contributed by atoms with van der Waals surface area (Å²) in [5.41, 5.74) is 8.59. The van der Waals surface area contributed by atoms with Crippen LogP contribution in [0, 0.1) is 5.82 Å². The molecule has 0 saturated heterocycles. The fourth-order valence-corrected chi connectivity index (χ4v) is 4.59. The van der Waals surface area contributed by atoms with Gasteiger partial charge in [0.2, 0.25) is 0 Å². The molecule has 8 nitrogen and oxygen atoms in total. The fraction of sp³-hybridized carbons (Fsp3) is 0.136. The van der Waals surface area contributed by atoms with Gasteiger partial charge in [-0.25, -0.2) is 14.4 Å². The van der Waals surface area contributed by atoms with E-state index < -0.39 is 13.0 Å². The molecule has 0 radical (unpaired) electrons. The van der Waals surface area contributed by atoms with Crippen LogP contribution in [-0.4, -0.2) is 28.3 Å². The topological polar surface area (TPSA) is 95.1 Å². The maximum absolute atomic E-state index is 14.4. The van der Waals surface area contributed by atoms with Crippen LogP contribution in [0.1, 0.15) is 5.56 Å². The zero-order chi connectivity index (χ0) is 22.3. The average molecular weight is 449 g/mol. The number of nitrogens with one attached hydrogen (secondary N) is 3. The lowest BCUT2D eigenvalue weighted by Crippen LogP contribution is -2.35. The Balaban J connectivity index is 1.37. The molecule has 0 saturated carbocycles.